The Hall–Kier alpha value is 0.270. The molecule has 1 saturated heterocycles. The Bertz CT molecular complexity index is 126. The molecule has 2 nitrogen and oxygen atoms in total. The zero-order chi connectivity index (χ0) is 9.52. The van der Waals surface area contributed by atoms with Crippen LogP contribution in [0.2, 0.25) is 0 Å². The molecule has 1 aliphatic rings. The average molecular weight is 203 g/mol. The summed E-state index contributed by atoms with van der Waals surface area (Å²) in [6.45, 7) is 6.50. The summed E-state index contributed by atoms with van der Waals surface area (Å²) in [4.78, 5) is 0. The molecule has 78 valence electrons. The molecule has 2 unspecified atom stereocenters. The Balaban J connectivity index is 1.99. The zero-order valence-electron chi connectivity index (χ0n) is 8.71. The Morgan fingerprint density at radius 2 is 2.46 bits per heavy atom. The maximum Gasteiger partial charge on any atom is 0.0726 e. The van der Waals surface area contributed by atoms with Crippen molar-refractivity contribution in [2.45, 2.75) is 38.8 Å². The second kappa shape index (κ2) is 6.68. The lowest BCUT2D eigenvalue weighted by Crippen LogP contribution is -2.38. The number of nitrogens with one attached hydrogen (secondary N) is 1. The molecule has 2 atom stereocenters. The quantitative estimate of drug-likeness (QED) is 0.666. The van der Waals surface area contributed by atoms with Gasteiger partial charge in [0.15, 0.2) is 0 Å². The molecule has 0 amide bonds. The molecule has 1 N–H and O–H groups in total. The second-order valence-corrected chi connectivity index (χ2v) is 4.89. The molecule has 1 heterocycles. The third kappa shape index (κ3) is 4.34. The molecule has 1 fully saturated rings. The molecule has 0 spiro atoms. The summed E-state index contributed by atoms with van der Waals surface area (Å²) in [5.74, 6) is 2.43. The van der Waals surface area contributed by atoms with Crippen LogP contribution in [-0.4, -0.2) is 36.8 Å². The van der Waals surface area contributed by atoms with Crippen LogP contribution in [0.25, 0.3) is 0 Å². The fraction of sp³-hybridized carbons (Fsp3) is 1.00. The minimum absolute atomic E-state index is 0.464. The summed E-state index contributed by atoms with van der Waals surface area (Å²) in [7, 11) is 0. The van der Waals surface area contributed by atoms with Gasteiger partial charge in [-0.2, -0.15) is 11.8 Å². The van der Waals surface area contributed by atoms with Crippen LogP contribution in [0.5, 0.6) is 0 Å². The molecule has 0 aliphatic carbocycles. The van der Waals surface area contributed by atoms with Gasteiger partial charge < -0.3 is 10.1 Å². The van der Waals surface area contributed by atoms with Gasteiger partial charge in [-0.15, -0.1) is 0 Å². The molecule has 0 aromatic rings. The lowest BCUT2D eigenvalue weighted by Gasteiger charge is -2.19. The van der Waals surface area contributed by atoms with Gasteiger partial charge in [0.25, 0.3) is 0 Å². The maximum atomic E-state index is 5.60. The molecule has 0 radical (unpaired) electrons. The number of ether oxygens (including phenoxy) is 1. The molecule has 1 rings (SSSR count). The lowest BCUT2D eigenvalue weighted by molar-refractivity contribution is 0.0844. The van der Waals surface area contributed by atoms with E-state index < -0.39 is 0 Å². The van der Waals surface area contributed by atoms with E-state index >= 15 is 0 Å². The fourth-order valence-corrected chi connectivity index (χ4v) is 2.18. The summed E-state index contributed by atoms with van der Waals surface area (Å²) < 4.78 is 5.60. The Morgan fingerprint density at radius 3 is 3.08 bits per heavy atom. The highest BCUT2D eigenvalue weighted by Crippen LogP contribution is 2.15. The van der Waals surface area contributed by atoms with Crippen LogP contribution in [0.1, 0.15) is 26.7 Å². The smallest absolute Gasteiger partial charge is 0.0726 e. The van der Waals surface area contributed by atoms with Crippen LogP contribution in [0.3, 0.4) is 0 Å². The average Bonchev–Trinajstić information content (AvgIpc) is 2.65. The topological polar surface area (TPSA) is 21.3 Å². The standard InChI is InChI=1S/C10H21NOS/c1-3-13-8-6-11-9(2)10-5-4-7-12-10/h9-11H,3-8H2,1-2H3. The van der Waals surface area contributed by atoms with Crippen molar-refractivity contribution >= 4 is 11.8 Å². The van der Waals surface area contributed by atoms with E-state index in [0.29, 0.717) is 12.1 Å². The molecule has 0 aromatic heterocycles. The predicted molar refractivity (Wildman–Crippen MR) is 59.4 cm³/mol. The van der Waals surface area contributed by atoms with Crippen LogP contribution in [-0.2, 0) is 4.74 Å². The van der Waals surface area contributed by atoms with E-state index in [1.54, 1.807) is 0 Å². The highest BCUT2D eigenvalue weighted by molar-refractivity contribution is 7.99. The first kappa shape index (κ1) is 11.3. The lowest BCUT2D eigenvalue weighted by atomic mass is 10.1. The summed E-state index contributed by atoms with van der Waals surface area (Å²) in [6, 6.07) is 0.528. The van der Waals surface area contributed by atoms with E-state index in [0.717, 1.165) is 13.2 Å². The van der Waals surface area contributed by atoms with Crippen molar-refractivity contribution in [2.75, 3.05) is 24.7 Å². The van der Waals surface area contributed by atoms with E-state index in [-0.39, 0.29) is 0 Å². The van der Waals surface area contributed by atoms with Crippen molar-refractivity contribution in [2.24, 2.45) is 0 Å². The van der Waals surface area contributed by atoms with Crippen molar-refractivity contribution in [3.05, 3.63) is 0 Å². The van der Waals surface area contributed by atoms with Gasteiger partial charge in [-0.25, -0.2) is 0 Å². The van der Waals surface area contributed by atoms with Crippen molar-refractivity contribution in [3.8, 4) is 0 Å². The zero-order valence-corrected chi connectivity index (χ0v) is 9.53. The summed E-state index contributed by atoms with van der Waals surface area (Å²) in [6.07, 6.45) is 2.93. The summed E-state index contributed by atoms with van der Waals surface area (Å²) >= 11 is 1.99. The van der Waals surface area contributed by atoms with Gasteiger partial charge in [-0.1, -0.05) is 6.92 Å². The SMILES string of the molecule is CCSCCNC(C)C1CCCO1. The van der Waals surface area contributed by atoms with Crippen molar-refractivity contribution < 1.29 is 4.74 Å². The first-order valence-electron chi connectivity index (χ1n) is 5.27. The van der Waals surface area contributed by atoms with Crippen molar-refractivity contribution in [1.29, 1.82) is 0 Å². The van der Waals surface area contributed by atoms with Gasteiger partial charge in [0.2, 0.25) is 0 Å². The van der Waals surface area contributed by atoms with Crippen molar-refractivity contribution in [3.63, 3.8) is 0 Å². The van der Waals surface area contributed by atoms with Gasteiger partial charge in [0, 0.05) is 24.9 Å². The van der Waals surface area contributed by atoms with Crippen LogP contribution in [0, 0.1) is 0 Å². The van der Waals surface area contributed by atoms with Gasteiger partial charge in [-0.3, -0.25) is 0 Å². The maximum absolute atomic E-state index is 5.60. The van der Waals surface area contributed by atoms with Crippen LogP contribution >= 0.6 is 11.8 Å². The molecular weight excluding hydrogens is 182 g/mol. The molecule has 0 saturated carbocycles. The predicted octanol–water partition coefficient (Wildman–Crippen LogP) is 1.90. The molecule has 13 heavy (non-hydrogen) atoms. The van der Waals surface area contributed by atoms with E-state index in [4.69, 9.17) is 4.74 Å². The number of rotatable bonds is 6. The third-order valence-electron chi connectivity index (χ3n) is 2.44. The van der Waals surface area contributed by atoms with Gasteiger partial charge in [-0.05, 0) is 25.5 Å². The first-order chi connectivity index (χ1) is 6.34. The summed E-state index contributed by atoms with van der Waals surface area (Å²) in [5.41, 5.74) is 0. The first-order valence-corrected chi connectivity index (χ1v) is 6.42. The molecule has 0 aromatic carbocycles. The number of hydrogen-bond donors (Lipinski definition) is 1. The van der Waals surface area contributed by atoms with E-state index in [1.165, 1.54) is 24.3 Å². The molecule has 1 aliphatic heterocycles. The Kier molecular flexibility index (Phi) is 5.83. The van der Waals surface area contributed by atoms with Crippen LogP contribution in [0.15, 0.2) is 0 Å². The molecule has 3 heteroatoms. The van der Waals surface area contributed by atoms with Crippen LogP contribution in [0.4, 0.5) is 0 Å². The normalized spacial score (nSPS) is 24.9. The number of hydrogen-bond acceptors (Lipinski definition) is 3. The van der Waals surface area contributed by atoms with Gasteiger partial charge in [0.05, 0.1) is 6.10 Å². The largest absolute Gasteiger partial charge is 0.377 e. The van der Waals surface area contributed by atoms with Crippen molar-refractivity contribution in [1.82, 2.24) is 5.32 Å². The van der Waals surface area contributed by atoms with E-state index in [1.807, 2.05) is 11.8 Å². The van der Waals surface area contributed by atoms with E-state index in [9.17, 15) is 0 Å². The minimum Gasteiger partial charge on any atom is -0.377 e. The molecular formula is C10H21NOS. The van der Waals surface area contributed by atoms with E-state index in [2.05, 4.69) is 19.2 Å². The highest BCUT2D eigenvalue weighted by atomic mass is 32.2. The minimum atomic E-state index is 0.464. The molecule has 0 bridgehead atoms. The Morgan fingerprint density at radius 1 is 1.62 bits per heavy atom. The van der Waals surface area contributed by atoms with Gasteiger partial charge >= 0.3 is 0 Å². The summed E-state index contributed by atoms with van der Waals surface area (Å²) in [5, 5.41) is 3.51. The fourth-order valence-electron chi connectivity index (χ4n) is 1.63. The number of thioether (sulfide) groups is 1. The Labute approximate surface area is 85.8 Å². The van der Waals surface area contributed by atoms with Crippen LogP contribution < -0.4 is 5.32 Å². The van der Waals surface area contributed by atoms with Gasteiger partial charge in [0.1, 0.15) is 0 Å². The second-order valence-electron chi connectivity index (χ2n) is 3.49. The highest BCUT2D eigenvalue weighted by Gasteiger charge is 2.21. The monoisotopic (exact) mass is 203 g/mol. The third-order valence-corrected chi connectivity index (χ3v) is 3.34.